The Morgan fingerprint density at radius 2 is 2.15 bits per heavy atom. The van der Waals surface area contributed by atoms with Gasteiger partial charge in [0.05, 0.1) is 22.5 Å². The van der Waals surface area contributed by atoms with Crippen molar-refractivity contribution in [1.29, 1.82) is 0 Å². The standard InChI is InChI=1S/C18H13N5O3S/c1-11-16(17(24)20-13-5-3-7-19-9-13)27-18-21-15(10-22(11)18)12-4-2-6-14(8-12)23(25)26/h2-10H,1H3,(H,20,24). The fraction of sp³-hybridized carbons (Fsp3) is 0.0556. The molecule has 3 aromatic heterocycles. The predicted octanol–water partition coefficient (Wildman–Crippen LogP) is 3.93. The highest BCUT2D eigenvalue weighted by atomic mass is 32.1. The van der Waals surface area contributed by atoms with E-state index in [4.69, 9.17) is 0 Å². The van der Waals surface area contributed by atoms with E-state index in [1.165, 1.54) is 23.5 Å². The molecule has 1 N–H and O–H groups in total. The molecule has 0 atom stereocenters. The van der Waals surface area contributed by atoms with Gasteiger partial charge in [-0.1, -0.05) is 23.5 Å². The number of fused-ring (bicyclic) bond motifs is 1. The number of hydrogen-bond acceptors (Lipinski definition) is 6. The SMILES string of the molecule is Cc1c(C(=O)Nc2cccnc2)sc2nc(-c3cccc([N+](=O)[O-])c3)cn12. The largest absolute Gasteiger partial charge is 0.320 e. The molecule has 8 nitrogen and oxygen atoms in total. The van der Waals surface area contributed by atoms with Gasteiger partial charge in [-0.25, -0.2) is 4.98 Å². The molecule has 0 saturated carbocycles. The number of imidazole rings is 1. The zero-order valence-electron chi connectivity index (χ0n) is 14.1. The Hall–Kier alpha value is -3.59. The van der Waals surface area contributed by atoms with Crippen LogP contribution in [0, 0.1) is 17.0 Å². The number of nitrogens with zero attached hydrogens (tertiary/aromatic N) is 4. The van der Waals surface area contributed by atoms with Crippen LogP contribution in [0.4, 0.5) is 11.4 Å². The zero-order chi connectivity index (χ0) is 19.0. The van der Waals surface area contributed by atoms with E-state index in [1.807, 2.05) is 11.3 Å². The summed E-state index contributed by atoms with van der Waals surface area (Å²) in [5, 5.41) is 13.8. The van der Waals surface area contributed by atoms with Crippen molar-refractivity contribution in [3.05, 3.63) is 75.7 Å². The topological polar surface area (TPSA) is 102 Å². The first-order valence-electron chi connectivity index (χ1n) is 7.97. The summed E-state index contributed by atoms with van der Waals surface area (Å²) in [5.41, 5.74) is 2.65. The van der Waals surface area contributed by atoms with Crippen molar-refractivity contribution in [2.45, 2.75) is 6.92 Å². The Morgan fingerprint density at radius 1 is 1.30 bits per heavy atom. The lowest BCUT2D eigenvalue weighted by Gasteiger charge is -2.03. The highest BCUT2D eigenvalue weighted by Gasteiger charge is 2.19. The minimum atomic E-state index is -0.436. The van der Waals surface area contributed by atoms with Crippen molar-refractivity contribution in [2.24, 2.45) is 0 Å². The van der Waals surface area contributed by atoms with E-state index in [-0.39, 0.29) is 11.6 Å². The van der Waals surface area contributed by atoms with Crippen LogP contribution in [0.1, 0.15) is 15.4 Å². The van der Waals surface area contributed by atoms with Crippen molar-refractivity contribution in [2.75, 3.05) is 5.32 Å². The molecular weight excluding hydrogens is 366 g/mol. The maximum atomic E-state index is 12.5. The molecule has 1 aromatic carbocycles. The van der Waals surface area contributed by atoms with Gasteiger partial charge in [0.25, 0.3) is 11.6 Å². The Labute approximate surface area is 157 Å². The summed E-state index contributed by atoms with van der Waals surface area (Å²) in [5.74, 6) is -0.229. The Morgan fingerprint density at radius 3 is 2.85 bits per heavy atom. The number of aromatic nitrogens is 3. The van der Waals surface area contributed by atoms with Crippen LogP contribution in [0.25, 0.3) is 16.2 Å². The molecule has 4 aromatic rings. The third-order valence-corrected chi connectivity index (χ3v) is 5.19. The van der Waals surface area contributed by atoms with Crippen LogP contribution in [-0.4, -0.2) is 25.2 Å². The summed E-state index contributed by atoms with van der Waals surface area (Å²) in [6.07, 6.45) is 4.99. The smallest absolute Gasteiger partial charge is 0.270 e. The van der Waals surface area contributed by atoms with Crippen molar-refractivity contribution in [3.8, 4) is 11.3 Å². The van der Waals surface area contributed by atoms with Crippen LogP contribution in [-0.2, 0) is 0 Å². The van der Waals surface area contributed by atoms with Crippen LogP contribution in [0.5, 0.6) is 0 Å². The second-order valence-corrected chi connectivity index (χ2v) is 6.78. The lowest BCUT2D eigenvalue weighted by Crippen LogP contribution is -2.11. The lowest BCUT2D eigenvalue weighted by atomic mass is 10.1. The number of nitro groups is 1. The average molecular weight is 379 g/mol. The molecule has 0 unspecified atom stereocenters. The number of carbonyl (C=O) groups excluding carboxylic acids is 1. The van der Waals surface area contributed by atoms with E-state index < -0.39 is 4.92 Å². The minimum Gasteiger partial charge on any atom is -0.320 e. The second-order valence-electron chi connectivity index (χ2n) is 5.80. The molecule has 1 amide bonds. The van der Waals surface area contributed by atoms with E-state index >= 15 is 0 Å². The summed E-state index contributed by atoms with van der Waals surface area (Å²) in [6.45, 7) is 1.83. The van der Waals surface area contributed by atoms with E-state index in [0.717, 1.165) is 5.69 Å². The Balaban J connectivity index is 1.67. The molecule has 0 aliphatic rings. The number of rotatable bonds is 4. The second kappa shape index (κ2) is 6.61. The van der Waals surface area contributed by atoms with Gasteiger partial charge in [-0.2, -0.15) is 0 Å². The number of carbonyl (C=O) groups is 1. The van der Waals surface area contributed by atoms with Gasteiger partial charge >= 0.3 is 0 Å². The highest BCUT2D eigenvalue weighted by molar-refractivity contribution is 7.19. The number of aryl methyl sites for hydroxylation is 1. The number of non-ortho nitro benzene ring substituents is 1. The van der Waals surface area contributed by atoms with E-state index in [2.05, 4.69) is 15.3 Å². The number of nitrogens with one attached hydrogen (secondary N) is 1. The lowest BCUT2D eigenvalue weighted by molar-refractivity contribution is -0.384. The molecule has 0 aliphatic heterocycles. The molecule has 0 radical (unpaired) electrons. The first kappa shape index (κ1) is 16.9. The number of nitro benzene ring substituents is 1. The summed E-state index contributed by atoms with van der Waals surface area (Å²) in [7, 11) is 0. The van der Waals surface area contributed by atoms with E-state index in [0.29, 0.717) is 26.8 Å². The molecule has 3 heterocycles. The fourth-order valence-electron chi connectivity index (χ4n) is 2.70. The molecule has 4 rings (SSSR count). The normalized spacial score (nSPS) is 10.9. The number of pyridine rings is 1. The third kappa shape index (κ3) is 3.15. The van der Waals surface area contributed by atoms with Crippen molar-refractivity contribution in [1.82, 2.24) is 14.4 Å². The van der Waals surface area contributed by atoms with Crippen molar-refractivity contribution < 1.29 is 9.72 Å². The molecular formula is C18H13N5O3S. The van der Waals surface area contributed by atoms with E-state index in [9.17, 15) is 14.9 Å². The van der Waals surface area contributed by atoms with E-state index in [1.54, 1.807) is 42.9 Å². The first-order valence-corrected chi connectivity index (χ1v) is 8.79. The van der Waals surface area contributed by atoms with Crippen LogP contribution in [0.2, 0.25) is 0 Å². The molecule has 0 bridgehead atoms. The molecule has 0 saturated heterocycles. The number of amides is 1. The zero-order valence-corrected chi connectivity index (χ0v) is 14.9. The highest BCUT2D eigenvalue weighted by Crippen LogP contribution is 2.29. The van der Waals surface area contributed by atoms with Gasteiger partial charge in [-0.3, -0.25) is 24.3 Å². The van der Waals surface area contributed by atoms with Crippen LogP contribution < -0.4 is 5.32 Å². The molecule has 0 fully saturated rings. The molecule has 9 heteroatoms. The predicted molar refractivity (Wildman–Crippen MR) is 102 cm³/mol. The fourth-order valence-corrected chi connectivity index (χ4v) is 3.71. The maximum absolute atomic E-state index is 12.5. The van der Waals surface area contributed by atoms with Gasteiger partial charge in [0.15, 0.2) is 4.96 Å². The maximum Gasteiger partial charge on any atom is 0.270 e. The number of benzene rings is 1. The first-order chi connectivity index (χ1) is 13.0. The number of anilines is 1. The van der Waals surface area contributed by atoms with Gasteiger partial charge in [-0.05, 0) is 19.1 Å². The molecule has 134 valence electrons. The summed E-state index contributed by atoms with van der Waals surface area (Å²) in [4.78, 5) is 32.7. The van der Waals surface area contributed by atoms with Gasteiger partial charge in [0.2, 0.25) is 0 Å². The van der Waals surface area contributed by atoms with Crippen molar-refractivity contribution >= 4 is 33.6 Å². The number of hydrogen-bond donors (Lipinski definition) is 1. The Kier molecular flexibility index (Phi) is 4.13. The molecule has 0 aliphatic carbocycles. The quantitative estimate of drug-likeness (QED) is 0.427. The summed E-state index contributed by atoms with van der Waals surface area (Å²) in [6, 6.07) is 9.82. The van der Waals surface area contributed by atoms with Crippen molar-refractivity contribution in [3.63, 3.8) is 0 Å². The summed E-state index contributed by atoms with van der Waals surface area (Å²) >= 11 is 1.26. The van der Waals surface area contributed by atoms with Crippen LogP contribution in [0.3, 0.4) is 0 Å². The Bertz CT molecular complexity index is 1170. The average Bonchev–Trinajstić information content (AvgIpc) is 3.22. The molecule has 0 spiro atoms. The van der Waals surface area contributed by atoms with Gasteiger partial charge in [0.1, 0.15) is 4.88 Å². The van der Waals surface area contributed by atoms with Gasteiger partial charge in [-0.15, -0.1) is 0 Å². The molecule has 27 heavy (non-hydrogen) atoms. The minimum absolute atomic E-state index is 0.0112. The summed E-state index contributed by atoms with van der Waals surface area (Å²) < 4.78 is 1.82. The monoisotopic (exact) mass is 379 g/mol. The van der Waals surface area contributed by atoms with Crippen LogP contribution >= 0.6 is 11.3 Å². The van der Waals surface area contributed by atoms with Gasteiger partial charge in [0, 0.05) is 35.8 Å². The van der Waals surface area contributed by atoms with Gasteiger partial charge < -0.3 is 5.32 Å². The number of thiazole rings is 1. The van der Waals surface area contributed by atoms with Crippen LogP contribution in [0.15, 0.2) is 55.0 Å². The third-order valence-electron chi connectivity index (χ3n) is 4.04.